The van der Waals surface area contributed by atoms with Gasteiger partial charge in [0.15, 0.2) is 4.75 Å². The highest BCUT2D eigenvalue weighted by Crippen LogP contribution is 2.47. The molecule has 180 valence electrons. The van der Waals surface area contributed by atoms with E-state index in [4.69, 9.17) is 4.74 Å². The zero-order chi connectivity index (χ0) is 24.7. The Balaban J connectivity index is 2.01. The highest BCUT2D eigenvalue weighted by atomic mass is 32.2. The minimum atomic E-state index is -4.03. The van der Waals surface area contributed by atoms with Crippen molar-refractivity contribution in [2.24, 2.45) is 4.40 Å². The Morgan fingerprint density at radius 2 is 1.67 bits per heavy atom. The molecule has 0 bridgehead atoms. The Kier molecular flexibility index (Phi) is 6.80. The van der Waals surface area contributed by atoms with E-state index in [0.717, 1.165) is 5.56 Å². The number of hydrogen-bond acceptors (Lipinski definition) is 4. The van der Waals surface area contributed by atoms with Gasteiger partial charge in [0.2, 0.25) is 5.90 Å². The van der Waals surface area contributed by atoms with Gasteiger partial charge in [-0.3, -0.25) is 0 Å². The molecule has 0 aliphatic carbocycles. The van der Waals surface area contributed by atoms with Crippen LogP contribution in [0.4, 0.5) is 4.39 Å². The van der Waals surface area contributed by atoms with Crippen molar-refractivity contribution < 1.29 is 22.7 Å². The topological polar surface area (TPSA) is 76.0 Å². The lowest BCUT2D eigenvalue weighted by Crippen LogP contribution is -2.56. The van der Waals surface area contributed by atoms with Gasteiger partial charge in [-0.1, -0.05) is 63.2 Å². The lowest BCUT2D eigenvalue weighted by atomic mass is 9.81. The van der Waals surface area contributed by atoms with Crippen LogP contribution in [0.3, 0.4) is 0 Å². The minimum Gasteiger partial charge on any atom is -0.472 e. The van der Waals surface area contributed by atoms with Crippen molar-refractivity contribution in [1.29, 1.82) is 0 Å². The van der Waals surface area contributed by atoms with Crippen LogP contribution in [0.2, 0.25) is 0 Å². The summed E-state index contributed by atoms with van der Waals surface area (Å²) >= 11 is 0. The largest absolute Gasteiger partial charge is 0.472 e. The smallest absolute Gasteiger partial charge is 0.269 e. The minimum absolute atomic E-state index is 0.0329. The second-order valence-corrected chi connectivity index (χ2v) is 12.3. The molecular formula is C26H34FNO4S. The summed E-state index contributed by atoms with van der Waals surface area (Å²) in [7, 11) is -4.03. The number of rotatable bonds is 6. The van der Waals surface area contributed by atoms with E-state index in [1.807, 2.05) is 24.3 Å². The molecule has 33 heavy (non-hydrogen) atoms. The number of halogens is 1. The summed E-state index contributed by atoms with van der Waals surface area (Å²) in [5, 5.41) is 9.51. The Labute approximate surface area is 196 Å². The summed E-state index contributed by atoms with van der Waals surface area (Å²) in [4.78, 5) is 0. The molecule has 0 saturated carbocycles. The lowest BCUT2D eigenvalue weighted by molar-refractivity contribution is 0.0423. The number of aliphatic hydroxyl groups is 1. The molecule has 2 aromatic rings. The molecule has 1 aliphatic rings. The van der Waals surface area contributed by atoms with Crippen molar-refractivity contribution in [2.45, 2.75) is 76.1 Å². The molecule has 1 unspecified atom stereocenters. The van der Waals surface area contributed by atoms with E-state index in [-0.39, 0.29) is 30.8 Å². The van der Waals surface area contributed by atoms with E-state index < -0.39 is 32.1 Å². The summed E-state index contributed by atoms with van der Waals surface area (Å²) in [5.74, 6) is -0.833. The van der Waals surface area contributed by atoms with Gasteiger partial charge in [-0.25, -0.2) is 12.8 Å². The first kappa shape index (κ1) is 25.4. The third-order valence-corrected chi connectivity index (χ3v) is 9.01. The molecule has 0 aromatic heterocycles. The van der Waals surface area contributed by atoms with Crippen molar-refractivity contribution in [3.05, 3.63) is 71.0 Å². The fraction of sp³-hybridized carbons (Fsp3) is 0.500. The summed E-state index contributed by atoms with van der Waals surface area (Å²) in [6.07, 6.45) is 0.332. The normalized spacial score (nSPS) is 22.8. The Morgan fingerprint density at radius 3 is 2.18 bits per heavy atom. The van der Waals surface area contributed by atoms with Gasteiger partial charge in [0.1, 0.15) is 11.4 Å². The zero-order valence-electron chi connectivity index (χ0n) is 20.2. The van der Waals surface area contributed by atoms with Gasteiger partial charge in [0, 0.05) is 13.0 Å². The van der Waals surface area contributed by atoms with Crippen molar-refractivity contribution in [3.63, 3.8) is 0 Å². The van der Waals surface area contributed by atoms with Crippen LogP contribution in [-0.4, -0.2) is 31.6 Å². The first-order valence-electron chi connectivity index (χ1n) is 11.2. The molecule has 1 N–H and O–H groups in total. The van der Waals surface area contributed by atoms with Gasteiger partial charge in [-0.15, -0.1) is 4.40 Å². The van der Waals surface area contributed by atoms with Gasteiger partial charge in [-0.2, -0.15) is 0 Å². The highest BCUT2D eigenvalue weighted by Gasteiger charge is 2.58. The van der Waals surface area contributed by atoms with E-state index in [1.54, 1.807) is 39.0 Å². The summed E-state index contributed by atoms with van der Waals surface area (Å²) in [5.41, 5.74) is 0.910. The van der Waals surface area contributed by atoms with Crippen molar-refractivity contribution in [3.8, 4) is 0 Å². The van der Waals surface area contributed by atoms with Crippen LogP contribution in [-0.2, 0) is 24.9 Å². The van der Waals surface area contributed by atoms with Gasteiger partial charge in [0.05, 0.1) is 0 Å². The quantitative estimate of drug-likeness (QED) is 0.604. The maximum Gasteiger partial charge on any atom is 0.269 e. The lowest BCUT2D eigenvalue weighted by Gasteiger charge is -2.45. The molecule has 0 saturated heterocycles. The second kappa shape index (κ2) is 8.84. The predicted molar refractivity (Wildman–Crippen MR) is 129 cm³/mol. The number of sulfonamides is 1. The van der Waals surface area contributed by atoms with E-state index in [9.17, 15) is 17.9 Å². The average Bonchev–Trinajstić information content (AvgIpc) is 2.71. The maximum atomic E-state index is 14.4. The summed E-state index contributed by atoms with van der Waals surface area (Å²) in [6, 6.07) is 13.8. The second-order valence-electron chi connectivity index (χ2n) is 10.4. The number of benzene rings is 2. The van der Waals surface area contributed by atoms with Gasteiger partial charge in [-0.05, 0) is 61.3 Å². The van der Waals surface area contributed by atoms with E-state index in [1.165, 1.54) is 6.07 Å². The highest BCUT2D eigenvalue weighted by molar-refractivity contribution is 7.91. The third kappa shape index (κ3) is 4.71. The molecule has 0 fully saturated rings. The van der Waals surface area contributed by atoms with Crippen LogP contribution in [0, 0.1) is 5.82 Å². The van der Waals surface area contributed by atoms with Crippen LogP contribution < -0.4 is 0 Å². The Bertz CT molecular complexity index is 1130. The fourth-order valence-corrected chi connectivity index (χ4v) is 6.01. The monoisotopic (exact) mass is 475 g/mol. The predicted octanol–water partition coefficient (Wildman–Crippen LogP) is 5.43. The molecule has 7 heteroatoms. The first-order chi connectivity index (χ1) is 15.2. The van der Waals surface area contributed by atoms with Crippen LogP contribution in [0.5, 0.6) is 0 Å². The molecule has 3 rings (SSSR count). The Morgan fingerprint density at radius 1 is 1.06 bits per heavy atom. The third-order valence-electron chi connectivity index (χ3n) is 6.81. The van der Waals surface area contributed by atoms with E-state index in [2.05, 4.69) is 25.2 Å². The standard InChI is InChI=1S/C26H34FNO4S/c1-24(2,3)19-11-13-20(14-12-19)26(6)25(4,5)32-23(28-33(26,30)31)17-18(15-16-29)21-9-7-8-10-22(21)27/h7-14,18,29H,15-17H2,1-6H3/t18-,26?/m1/s1. The fourth-order valence-electron chi connectivity index (χ4n) is 4.35. The molecule has 5 nitrogen and oxygen atoms in total. The van der Waals surface area contributed by atoms with E-state index >= 15 is 0 Å². The molecule has 1 aliphatic heterocycles. The zero-order valence-corrected chi connectivity index (χ0v) is 21.0. The van der Waals surface area contributed by atoms with Gasteiger partial charge >= 0.3 is 0 Å². The SMILES string of the molecule is CC(C)(C)c1ccc(C2(C)C(C)(C)OC(C[C@@H](CCO)c3ccccc3F)=NS2(=O)=O)cc1. The van der Waals surface area contributed by atoms with Crippen LogP contribution in [0.1, 0.15) is 77.0 Å². The van der Waals surface area contributed by atoms with Crippen molar-refractivity contribution >= 4 is 15.9 Å². The number of aliphatic hydroxyl groups excluding tert-OH is 1. The molecule has 0 radical (unpaired) electrons. The Hall–Kier alpha value is -2.25. The van der Waals surface area contributed by atoms with Crippen LogP contribution in [0.15, 0.2) is 52.9 Å². The van der Waals surface area contributed by atoms with Gasteiger partial charge in [0.25, 0.3) is 10.0 Å². The number of ether oxygens (including phenoxy) is 1. The van der Waals surface area contributed by atoms with Crippen LogP contribution in [0.25, 0.3) is 0 Å². The summed E-state index contributed by atoms with van der Waals surface area (Å²) < 4.78 is 50.3. The molecule has 2 aromatic carbocycles. The molecular weight excluding hydrogens is 441 g/mol. The number of hydrogen-bond donors (Lipinski definition) is 1. The molecule has 1 heterocycles. The van der Waals surface area contributed by atoms with Crippen LogP contribution >= 0.6 is 0 Å². The molecule has 0 amide bonds. The first-order valence-corrected chi connectivity index (χ1v) is 12.7. The van der Waals surface area contributed by atoms with E-state index in [0.29, 0.717) is 11.1 Å². The summed E-state index contributed by atoms with van der Waals surface area (Å²) in [6.45, 7) is 11.2. The molecule has 2 atom stereocenters. The van der Waals surface area contributed by atoms with Crippen molar-refractivity contribution in [2.75, 3.05) is 6.61 Å². The number of nitrogens with zero attached hydrogens (tertiary/aromatic N) is 1. The maximum absolute atomic E-state index is 14.4. The average molecular weight is 476 g/mol. The molecule has 0 spiro atoms. The van der Waals surface area contributed by atoms with Gasteiger partial charge < -0.3 is 9.84 Å². The van der Waals surface area contributed by atoms with Crippen molar-refractivity contribution in [1.82, 2.24) is 0 Å².